The van der Waals surface area contributed by atoms with Crippen molar-refractivity contribution in [1.82, 2.24) is 0 Å². The number of nitriles is 1. The molecular weight excluding hydrogens is 182 g/mol. The summed E-state index contributed by atoms with van der Waals surface area (Å²) in [5.74, 6) is 0.238. The monoisotopic (exact) mass is 195 g/mol. The summed E-state index contributed by atoms with van der Waals surface area (Å²) >= 11 is 0. The Morgan fingerprint density at radius 1 is 1.71 bits per heavy atom. The van der Waals surface area contributed by atoms with E-state index in [2.05, 4.69) is 9.15 Å². The number of carbonyl (C=O) groups excluding carboxylic acids is 1. The normalized spacial score (nSPS) is 8.07. The van der Waals surface area contributed by atoms with E-state index in [9.17, 15) is 4.79 Å². The average molecular weight is 195 g/mol. The van der Waals surface area contributed by atoms with E-state index in [4.69, 9.17) is 5.26 Å². The topological polar surface area (TPSA) is 63.2 Å². The molecule has 1 aromatic heterocycles. The van der Waals surface area contributed by atoms with Gasteiger partial charge in [-0.25, -0.2) is 0 Å². The first kappa shape index (κ1) is 12.2. The van der Waals surface area contributed by atoms with Crippen LogP contribution in [0.1, 0.15) is 25.5 Å². The molecule has 0 fully saturated rings. The maximum Gasteiger partial charge on any atom is 0.305 e. The number of ether oxygens (including phenoxy) is 1. The zero-order chi connectivity index (χ0) is 10.8. The van der Waals surface area contributed by atoms with E-state index in [0.29, 0.717) is 12.2 Å². The van der Waals surface area contributed by atoms with Crippen molar-refractivity contribution in [2.75, 3.05) is 7.11 Å². The molecule has 0 bridgehead atoms. The minimum absolute atomic E-state index is 0.123. The quantitative estimate of drug-likeness (QED) is 0.678. The van der Waals surface area contributed by atoms with Gasteiger partial charge in [0.05, 0.1) is 13.4 Å². The summed E-state index contributed by atoms with van der Waals surface area (Å²) in [6.45, 7) is 1.94. The number of carbonyl (C=O) groups is 1. The van der Waals surface area contributed by atoms with Crippen LogP contribution in [0.3, 0.4) is 0 Å². The molecule has 1 aromatic rings. The summed E-state index contributed by atoms with van der Waals surface area (Å²) in [6.07, 6.45) is 2.88. The predicted molar refractivity (Wildman–Crippen MR) is 50.3 cm³/mol. The van der Waals surface area contributed by atoms with Gasteiger partial charge in [-0.3, -0.25) is 4.79 Å². The van der Waals surface area contributed by atoms with Crippen molar-refractivity contribution >= 4 is 5.97 Å². The molecule has 0 aliphatic rings. The molecule has 76 valence electrons. The number of hydrogen-bond donors (Lipinski definition) is 0. The Balaban J connectivity index is 0.000000241. The summed E-state index contributed by atoms with van der Waals surface area (Å²) in [5, 5.41) is 8.08. The van der Waals surface area contributed by atoms with Gasteiger partial charge in [-0.2, -0.15) is 5.26 Å². The van der Waals surface area contributed by atoms with Gasteiger partial charge in [0.15, 0.2) is 0 Å². The van der Waals surface area contributed by atoms with Gasteiger partial charge in [0.2, 0.25) is 5.76 Å². The fourth-order valence-electron chi connectivity index (χ4n) is 0.648. The predicted octanol–water partition coefficient (Wildman–Crippen LogP) is 2.11. The van der Waals surface area contributed by atoms with Crippen molar-refractivity contribution in [2.24, 2.45) is 0 Å². The van der Waals surface area contributed by atoms with Crippen molar-refractivity contribution < 1.29 is 13.9 Å². The van der Waals surface area contributed by atoms with Gasteiger partial charge in [0.1, 0.15) is 6.07 Å². The highest BCUT2D eigenvalue weighted by Gasteiger charge is 1.92. The Hall–Kier alpha value is -1.76. The third kappa shape index (κ3) is 5.84. The highest BCUT2D eigenvalue weighted by molar-refractivity contribution is 5.68. The molecule has 0 unspecified atom stereocenters. The lowest BCUT2D eigenvalue weighted by molar-refractivity contribution is -0.140. The Morgan fingerprint density at radius 3 is 2.64 bits per heavy atom. The molecule has 14 heavy (non-hydrogen) atoms. The standard InChI is InChI=1S/C5H3NO.C5H10O2/c6-4-5-2-1-3-7-5;1-3-4-5(6)7-2/h1-3H;3-4H2,1-2H3. The van der Waals surface area contributed by atoms with Crippen molar-refractivity contribution in [2.45, 2.75) is 19.8 Å². The van der Waals surface area contributed by atoms with Crippen LogP contribution in [0, 0.1) is 11.3 Å². The van der Waals surface area contributed by atoms with Crippen molar-refractivity contribution in [3.63, 3.8) is 0 Å². The first-order valence-corrected chi connectivity index (χ1v) is 4.25. The third-order valence-corrected chi connectivity index (χ3v) is 1.31. The number of furan rings is 1. The van der Waals surface area contributed by atoms with E-state index in [1.165, 1.54) is 13.4 Å². The number of hydrogen-bond acceptors (Lipinski definition) is 4. The molecule has 0 radical (unpaired) electrons. The molecule has 0 saturated heterocycles. The SMILES string of the molecule is CCCC(=O)OC.N#Cc1ccco1. The van der Waals surface area contributed by atoms with Crippen LogP contribution in [0.15, 0.2) is 22.8 Å². The number of methoxy groups -OCH3 is 1. The maximum atomic E-state index is 10.2. The van der Waals surface area contributed by atoms with Crippen LogP contribution in [0.5, 0.6) is 0 Å². The molecule has 4 nitrogen and oxygen atoms in total. The lowest BCUT2D eigenvalue weighted by Crippen LogP contribution is -1.97. The minimum Gasteiger partial charge on any atom is -0.469 e. The van der Waals surface area contributed by atoms with E-state index < -0.39 is 0 Å². The lowest BCUT2D eigenvalue weighted by atomic mass is 10.3. The van der Waals surface area contributed by atoms with Crippen LogP contribution < -0.4 is 0 Å². The molecule has 0 aliphatic heterocycles. The third-order valence-electron chi connectivity index (χ3n) is 1.31. The number of rotatable bonds is 2. The van der Waals surface area contributed by atoms with Crippen molar-refractivity contribution in [1.29, 1.82) is 5.26 Å². The van der Waals surface area contributed by atoms with Gasteiger partial charge < -0.3 is 9.15 Å². The highest BCUT2D eigenvalue weighted by Crippen LogP contribution is 1.94. The Morgan fingerprint density at radius 2 is 2.43 bits per heavy atom. The summed E-state index contributed by atoms with van der Waals surface area (Å²) in [4.78, 5) is 10.2. The zero-order valence-electron chi connectivity index (χ0n) is 8.32. The van der Waals surface area contributed by atoms with Gasteiger partial charge >= 0.3 is 5.97 Å². The molecule has 0 N–H and O–H groups in total. The van der Waals surface area contributed by atoms with Gasteiger partial charge in [0.25, 0.3) is 0 Å². The molecular formula is C10H13NO3. The smallest absolute Gasteiger partial charge is 0.305 e. The van der Waals surface area contributed by atoms with E-state index in [0.717, 1.165) is 6.42 Å². The molecule has 0 amide bonds. The summed E-state index contributed by atoms with van der Waals surface area (Å²) < 4.78 is 8.97. The molecule has 0 aliphatic carbocycles. The molecule has 0 spiro atoms. The van der Waals surface area contributed by atoms with Gasteiger partial charge in [-0.1, -0.05) is 6.92 Å². The van der Waals surface area contributed by atoms with Gasteiger partial charge in [-0.15, -0.1) is 0 Å². The van der Waals surface area contributed by atoms with E-state index in [-0.39, 0.29) is 5.97 Å². The molecule has 0 aromatic carbocycles. The Labute approximate surface area is 83.1 Å². The van der Waals surface area contributed by atoms with Gasteiger partial charge in [0, 0.05) is 6.42 Å². The summed E-state index contributed by atoms with van der Waals surface area (Å²) in [6, 6.07) is 5.13. The average Bonchev–Trinajstić information content (AvgIpc) is 2.71. The molecule has 4 heteroatoms. The fraction of sp³-hybridized carbons (Fsp3) is 0.400. The lowest BCUT2D eigenvalue weighted by Gasteiger charge is -1.91. The summed E-state index contributed by atoms with van der Waals surface area (Å²) in [5.41, 5.74) is 0. The van der Waals surface area contributed by atoms with Gasteiger partial charge in [-0.05, 0) is 18.6 Å². The van der Waals surface area contributed by atoms with Crippen LogP contribution >= 0.6 is 0 Å². The second-order valence-corrected chi connectivity index (χ2v) is 2.42. The highest BCUT2D eigenvalue weighted by atomic mass is 16.5. The van der Waals surface area contributed by atoms with Crippen LogP contribution in [-0.4, -0.2) is 13.1 Å². The second kappa shape index (κ2) is 7.87. The molecule has 0 atom stereocenters. The van der Waals surface area contributed by atoms with Crippen molar-refractivity contribution in [3.05, 3.63) is 24.2 Å². The Bertz CT molecular complexity index is 285. The molecule has 1 rings (SSSR count). The van der Waals surface area contributed by atoms with Crippen LogP contribution in [0.4, 0.5) is 0 Å². The van der Waals surface area contributed by atoms with E-state index in [1.54, 1.807) is 12.1 Å². The summed E-state index contributed by atoms with van der Waals surface area (Å²) in [7, 11) is 1.40. The number of esters is 1. The van der Waals surface area contributed by atoms with Crippen LogP contribution in [0.25, 0.3) is 0 Å². The zero-order valence-corrected chi connectivity index (χ0v) is 8.32. The molecule has 0 saturated carbocycles. The number of nitrogens with zero attached hydrogens (tertiary/aromatic N) is 1. The van der Waals surface area contributed by atoms with Crippen LogP contribution in [-0.2, 0) is 9.53 Å². The fourth-order valence-corrected chi connectivity index (χ4v) is 0.648. The van der Waals surface area contributed by atoms with E-state index in [1.807, 2.05) is 13.0 Å². The van der Waals surface area contributed by atoms with Crippen LogP contribution in [0.2, 0.25) is 0 Å². The first-order valence-electron chi connectivity index (χ1n) is 4.25. The van der Waals surface area contributed by atoms with Crippen molar-refractivity contribution in [3.8, 4) is 6.07 Å². The second-order valence-electron chi connectivity index (χ2n) is 2.42. The minimum atomic E-state index is -0.123. The first-order chi connectivity index (χ1) is 6.74. The van der Waals surface area contributed by atoms with E-state index >= 15 is 0 Å². The maximum absolute atomic E-state index is 10.2. The Kier molecular flexibility index (Phi) is 6.88. The molecule has 1 heterocycles. The largest absolute Gasteiger partial charge is 0.469 e.